The molecule has 1 fully saturated rings. The van der Waals surface area contributed by atoms with E-state index in [0.717, 1.165) is 29.4 Å². The number of aromatic nitrogens is 3. The third kappa shape index (κ3) is 4.75. The fourth-order valence-corrected chi connectivity index (χ4v) is 4.22. The van der Waals surface area contributed by atoms with Gasteiger partial charge in [-0.05, 0) is 23.8 Å². The number of pyridine rings is 2. The Morgan fingerprint density at radius 2 is 1.82 bits per heavy atom. The number of aryl methyl sites for hydroxylation is 1. The monoisotopic (exact) mass is 457 g/mol. The van der Waals surface area contributed by atoms with Gasteiger partial charge in [0.2, 0.25) is 5.88 Å². The highest BCUT2D eigenvalue weighted by Crippen LogP contribution is 2.32. The second-order valence-corrected chi connectivity index (χ2v) is 8.34. The molecule has 3 heterocycles. The molecule has 0 bridgehead atoms. The van der Waals surface area contributed by atoms with E-state index >= 15 is 0 Å². The lowest BCUT2D eigenvalue weighted by Gasteiger charge is -2.34. The Kier molecular flexibility index (Phi) is 6.72. The number of rotatable bonds is 8. The highest BCUT2D eigenvalue weighted by atomic mass is 16.5. The van der Waals surface area contributed by atoms with Crippen molar-refractivity contribution < 1.29 is 19.3 Å². The summed E-state index contributed by atoms with van der Waals surface area (Å²) in [6.45, 7) is 1.02. The van der Waals surface area contributed by atoms with Gasteiger partial charge in [0.15, 0.2) is 0 Å². The third-order valence-electron chi connectivity index (χ3n) is 6.14. The summed E-state index contributed by atoms with van der Waals surface area (Å²) in [5, 5.41) is 11.0. The summed E-state index contributed by atoms with van der Waals surface area (Å²) < 4.78 is 19.0. The van der Waals surface area contributed by atoms with Crippen molar-refractivity contribution in [3.63, 3.8) is 0 Å². The maximum atomic E-state index is 8.63. The zero-order chi connectivity index (χ0) is 23.3. The predicted molar refractivity (Wildman–Crippen MR) is 131 cm³/mol. The van der Waals surface area contributed by atoms with Crippen molar-refractivity contribution in [3.8, 4) is 28.8 Å². The molecular formula is C27H27N3O4. The molecule has 1 N–H and O–H groups in total. The number of hydrogen-bond acceptors (Lipinski definition) is 6. The number of nitrogens with zero attached hydrogens (tertiary/aromatic N) is 3. The van der Waals surface area contributed by atoms with Gasteiger partial charge in [-0.1, -0.05) is 24.0 Å². The molecule has 0 radical (unpaired) electrons. The van der Waals surface area contributed by atoms with E-state index in [0.29, 0.717) is 25.7 Å². The van der Waals surface area contributed by atoms with Crippen molar-refractivity contribution in [1.82, 2.24) is 14.5 Å². The zero-order valence-electron chi connectivity index (χ0n) is 19.1. The second kappa shape index (κ2) is 10.2. The van der Waals surface area contributed by atoms with Crippen LogP contribution in [0.4, 0.5) is 0 Å². The van der Waals surface area contributed by atoms with Crippen LogP contribution in [0.5, 0.6) is 5.88 Å². The first-order valence-electron chi connectivity index (χ1n) is 11.4. The van der Waals surface area contributed by atoms with E-state index in [1.807, 2.05) is 30.7 Å². The van der Waals surface area contributed by atoms with Crippen LogP contribution in [-0.2, 0) is 16.5 Å². The summed E-state index contributed by atoms with van der Waals surface area (Å²) in [5.41, 5.74) is 4.51. The molecule has 0 aliphatic heterocycles. The quantitative estimate of drug-likeness (QED) is 0.321. The Bertz CT molecular complexity index is 1330. The van der Waals surface area contributed by atoms with Gasteiger partial charge in [-0.15, -0.1) is 0 Å². The van der Waals surface area contributed by atoms with Crippen LogP contribution in [0.2, 0.25) is 0 Å². The van der Waals surface area contributed by atoms with Crippen LogP contribution >= 0.6 is 0 Å². The van der Waals surface area contributed by atoms with E-state index in [-0.39, 0.29) is 18.8 Å². The van der Waals surface area contributed by atoms with E-state index < -0.39 is 0 Å². The Morgan fingerprint density at radius 3 is 2.65 bits per heavy atom. The van der Waals surface area contributed by atoms with Gasteiger partial charge in [-0.3, -0.25) is 4.98 Å². The fraction of sp³-hybridized carbons (Fsp3) is 0.333. The number of hydrogen-bond donors (Lipinski definition) is 1. The van der Waals surface area contributed by atoms with Gasteiger partial charge in [0.05, 0.1) is 24.8 Å². The topological polar surface area (TPSA) is 78.6 Å². The number of aliphatic hydroxyl groups excluding tert-OH is 1. The minimum absolute atomic E-state index is 0.0121. The molecule has 0 atom stereocenters. The van der Waals surface area contributed by atoms with Crippen LogP contribution in [0.3, 0.4) is 0 Å². The molecule has 174 valence electrons. The summed E-state index contributed by atoms with van der Waals surface area (Å²) >= 11 is 0. The van der Waals surface area contributed by atoms with Gasteiger partial charge in [-0.25, -0.2) is 4.98 Å². The SMILES string of the molecule is Cn1c2ccncc2c2ccc(-c3ccc(OC4CC(OCC#CCOCCO)C4)nc3)cc21. The Hall–Kier alpha value is -3.44. The van der Waals surface area contributed by atoms with Crippen molar-refractivity contribution in [2.75, 3.05) is 26.4 Å². The highest BCUT2D eigenvalue weighted by Gasteiger charge is 2.31. The minimum Gasteiger partial charge on any atom is -0.474 e. The van der Waals surface area contributed by atoms with E-state index in [1.54, 1.807) is 0 Å². The molecule has 1 aliphatic carbocycles. The molecule has 7 heteroatoms. The van der Waals surface area contributed by atoms with Gasteiger partial charge in [-0.2, -0.15) is 0 Å². The first kappa shape index (κ1) is 22.4. The average molecular weight is 458 g/mol. The van der Waals surface area contributed by atoms with Gasteiger partial charge in [0.25, 0.3) is 0 Å². The molecule has 0 amide bonds. The van der Waals surface area contributed by atoms with E-state index in [1.165, 1.54) is 16.4 Å². The lowest BCUT2D eigenvalue weighted by molar-refractivity contribution is -0.0508. The highest BCUT2D eigenvalue weighted by molar-refractivity contribution is 6.08. The lowest BCUT2D eigenvalue weighted by atomic mass is 9.92. The van der Waals surface area contributed by atoms with E-state index in [2.05, 4.69) is 57.7 Å². The van der Waals surface area contributed by atoms with Gasteiger partial charge >= 0.3 is 0 Å². The smallest absolute Gasteiger partial charge is 0.213 e. The molecule has 1 saturated carbocycles. The molecular weight excluding hydrogens is 430 g/mol. The van der Waals surface area contributed by atoms with Crippen LogP contribution in [0.1, 0.15) is 12.8 Å². The molecule has 3 aromatic heterocycles. The summed E-state index contributed by atoms with van der Waals surface area (Å²) in [6, 6.07) is 12.5. The molecule has 0 saturated heterocycles. The summed E-state index contributed by atoms with van der Waals surface area (Å²) in [5.74, 6) is 6.40. The molecule has 34 heavy (non-hydrogen) atoms. The maximum Gasteiger partial charge on any atom is 0.213 e. The third-order valence-corrected chi connectivity index (χ3v) is 6.14. The molecule has 1 aromatic carbocycles. The Morgan fingerprint density at radius 1 is 0.971 bits per heavy atom. The van der Waals surface area contributed by atoms with Crippen LogP contribution < -0.4 is 4.74 Å². The van der Waals surface area contributed by atoms with Crippen molar-refractivity contribution in [1.29, 1.82) is 0 Å². The van der Waals surface area contributed by atoms with Crippen LogP contribution in [0, 0.1) is 11.8 Å². The molecule has 0 unspecified atom stereocenters. The predicted octanol–water partition coefficient (Wildman–Crippen LogP) is 3.73. The van der Waals surface area contributed by atoms with Crippen molar-refractivity contribution in [3.05, 3.63) is 55.0 Å². The van der Waals surface area contributed by atoms with Gasteiger partial charge in [0, 0.05) is 66.4 Å². The average Bonchev–Trinajstić information content (AvgIpc) is 3.13. The van der Waals surface area contributed by atoms with Crippen LogP contribution in [0.25, 0.3) is 32.9 Å². The first-order valence-corrected chi connectivity index (χ1v) is 11.4. The fourth-order valence-electron chi connectivity index (χ4n) is 4.22. The molecule has 5 rings (SSSR count). The van der Waals surface area contributed by atoms with Gasteiger partial charge < -0.3 is 23.9 Å². The maximum absolute atomic E-state index is 8.63. The standard InChI is InChI=1S/C27H27N3O4/c1-30-25-8-9-28-18-24(25)23-6-4-19(14-26(23)30)20-5-7-27(29-17-20)34-22-15-21(16-22)33-12-3-2-11-32-13-10-31/h4-9,14,17-18,21-22,31H,10-13,15-16H2,1H3. The second-order valence-electron chi connectivity index (χ2n) is 8.34. The molecule has 4 aromatic rings. The van der Waals surface area contributed by atoms with E-state index in [9.17, 15) is 0 Å². The number of aliphatic hydroxyl groups is 1. The van der Waals surface area contributed by atoms with Crippen LogP contribution in [0.15, 0.2) is 55.0 Å². The normalized spacial score (nSPS) is 17.4. The summed E-state index contributed by atoms with van der Waals surface area (Å²) in [6.07, 6.45) is 7.56. The number of fused-ring (bicyclic) bond motifs is 3. The van der Waals surface area contributed by atoms with Crippen molar-refractivity contribution in [2.45, 2.75) is 25.0 Å². The first-order chi connectivity index (χ1) is 16.7. The van der Waals surface area contributed by atoms with Crippen molar-refractivity contribution in [2.24, 2.45) is 7.05 Å². The number of ether oxygens (including phenoxy) is 3. The lowest BCUT2D eigenvalue weighted by Crippen LogP contribution is -2.39. The molecule has 7 nitrogen and oxygen atoms in total. The van der Waals surface area contributed by atoms with Crippen LogP contribution in [-0.4, -0.2) is 58.3 Å². The minimum atomic E-state index is 0.0121. The zero-order valence-corrected chi connectivity index (χ0v) is 19.1. The largest absolute Gasteiger partial charge is 0.474 e. The Labute approximate surface area is 198 Å². The molecule has 1 aliphatic rings. The van der Waals surface area contributed by atoms with Crippen molar-refractivity contribution >= 4 is 21.8 Å². The summed E-state index contributed by atoms with van der Waals surface area (Å²) in [4.78, 5) is 8.80. The van der Waals surface area contributed by atoms with Gasteiger partial charge in [0.1, 0.15) is 19.3 Å². The summed E-state index contributed by atoms with van der Waals surface area (Å²) in [7, 11) is 2.08. The van der Waals surface area contributed by atoms with E-state index in [4.69, 9.17) is 19.3 Å². The number of benzene rings is 1. The molecule has 0 spiro atoms. The Balaban J connectivity index is 1.15.